The monoisotopic (exact) mass is 336 g/mol. The molecule has 0 aromatic heterocycles. The zero-order chi connectivity index (χ0) is 16.8. The van der Waals surface area contributed by atoms with Crippen molar-refractivity contribution >= 4 is 29.8 Å². The van der Waals surface area contributed by atoms with Gasteiger partial charge in [-0.2, -0.15) is 0 Å². The zero-order valence-electron chi connectivity index (χ0n) is 13.0. The summed E-state index contributed by atoms with van der Waals surface area (Å²) < 4.78 is 5.22. The van der Waals surface area contributed by atoms with Crippen LogP contribution >= 0.6 is 7.92 Å². The minimum Gasteiger partial charge on any atom is -0.482 e. The summed E-state index contributed by atoms with van der Waals surface area (Å²) in [6.45, 7) is -0.328. The van der Waals surface area contributed by atoms with Gasteiger partial charge in [0.25, 0.3) is 0 Å². The number of benzene rings is 3. The van der Waals surface area contributed by atoms with Gasteiger partial charge in [0.2, 0.25) is 0 Å². The molecule has 3 aromatic rings. The molecule has 3 rings (SSSR count). The van der Waals surface area contributed by atoms with E-state index in [2.05, 4.69) is 48.5 Å². The molecular weight excluding hydrogens is 319 g/mol. The molecule has 4 heteroatoms. The predicted molar refractivity (Wildman–Crippen MR) is 98.3 cm³/mol. The first-order valence-electron chi connectivity index (χ1n) is 7.59. The van der Waals surface area contributed by atoms with Gasteiger partial charge in [-0.1, -0.05) is 72.8 Å². The average molecular weight is 336 g/mol. The maximum Gasteiger partial charge on any atom is 0.341 e. The van der Waals surface area contributed by atoms with Gasteiger partial charge < -0.3 is 9.84 Å². The summed E-state index contributed by atoms with van der Waals surface area (Å²) in [4.78, 5) is 10.6. The van der Waals surface area contributed by atoms with Crippen molar-refractivity contribution in [1.29, 1.82) is 0 Å². The van der Waals surface area contributed by atoms with E-state index in [4.69, 9.17) is 9.84 Å². The molecular formula is C20H17O3P. The molecule has 0 aliphatic heterocycles. The summed E-state index contributed by atoms with van der Waals surface area (Å²) in [7, 11) is -0.652. The van der Waals surface area contributed by atoms with Crippen LogP contribution in [0.5, 0.6) is 5.75 Å². The van der Waals surface area contributed by atoms with Gasteiger partial charge in [0.05, 0.1) is 0 Å². The van der Waals surface area contributed by atoms with Crippen molar-refractivity contribution < 1.29 is 14.6 Å². The lowest BCUT2D eigenvalue weighted by Gasteiger charge is -2.19. The molecule has 0 fully saturated rings. The van der Waals surface area contributed by atoms with Gasteiger partial charge in [-0.15, -0.1) is 0 Å². The number of carbonyl (C=O) groups is 1. The Hall–Kier alpha value is -2.64. The van der Waals surface area contributed by atoms with Gasteiger partial charge in [0, 0.05) is 0 Å². The molecule has 0 atom stereocenters. The highest BCUT2D eigenvalue weighted by molar-refractivity contribution is 7.79. The number of rotatable bonds is 6. The topological polar surface area (TPSA) is 46.5 Å². The molecule has 24 heavy (non-hydrogen) atoms. The largest absolute Gasteiger partial charge is 0.482 e. The number of carboxylic acids is 1. The number of hydrogen-bond donors (Lipinski definition) is 1. The van der Waals surface area contributed by atoms with Crippen molar-refractivity contribution in [3.05, 3.63) is 84.9 Å². The third-order valence-corrected chi connectivity index (χ3v) is 5.93. The van der Waals surface area contributed by atoms with E-state index in [0.29, 0.717) is 5.75 Å². The van der Waals surface area contributed by atoms with Crippen LogP contribution in [0.3, 0.4) is 0 Å². The third-order valence-electron chi connectivity index (χ3n) is 3.49. The number of hydrogen-bond acceptors (Lipinski definition) is 2. The minimum absolute atomic E-state index is 0.328. The van der Waals surface area contributed by atoms with E-state index in [1.54, 1.807) is 0 Å². The van der Waals surface area contributed by atoms with Gasteiger partial charge in [-0.25, -0.2) is 4.79 Å². The average Bonchev–Trinajstić information content (AvgIpc) is 2.63. The lowest BCUT2D eigenvalue weighted by Crippen LogP contribution is -2.20. The fourth-order valence-corrected chi connectivity index (χ4v) is 4.72. The van der Waals surface area contributed by atoms with Crippen LogP contribution in [0.1, 0.15) is 0 Å². The second-order valence-corrected chi connectivity index (χ2v) is 7.40. The van der Waals surface area contributed by atoms with Crippen LogP contribution in [-0.4, -0.2) is 17.7 Å². The summed E-state index contributed by atoms with van der Waals surface area (Å²) in [5, 5.41) is 12.4. The van der Waals surface area contributed by atoms with Crippen molar-refractivity contribution in [3.63, 3.8) is 0 Å². The van der Waals surface area contributed by atoms with Crippen molar-refractivity contribution in [2.45, 2.75) is 0 Å². The van der Waals surface area contributed by atoms with Crippen LogP contribution < -0.4 is 20.7 Å². The van der Waals surface area contributed by atoms with Gasteiger partial charge in [0.15, 0.2) is 6.61 Å². The summed E-state index contributed by atoms with van der Waals surface area (Å²) in [6, 6.07) is 28.5. The highest BCUT2D eigenvalue weighted by atomic mass is 31.1. The normalized spacial score (nSPS) is 10.5. The van der Waals surface area contributed by atoms with Gasteiger partial charge in [-0.05, 0) is 36.0 Å². The Kier molecular flexibility index (Phi) is 5.25. The highest BCUT2D eigenvalue weighted by Crippen LogP contribution is 2.33. The van der Waals surface area contributed by atoms with Crippen LogP contribution in [-0.2, 0) is 4.79 Å². The molecule has 0 bridgehead atoms. The van der Waals surface area contributed by atoms with E-state index in [1.165, 1.54) is 15.9 Å². The Morgan fingerprint density at radius 2 is 1.21 bits per heavy atom. The number of aliphatic carboxylic acids is 1. The van der Waals surface area contributed by atoms with E-state index in [9.17, 15) is 4.79 Å². The first-order valence-corrected chi connectivity index (χ1v) is 8.93. The Bertz CT molecular complexity index is 747. The molecule has 0 spiro atoms. The van der Waals surface area contributed by atoms with Crippen molar-refractivity contribution in [2.24, 2.45) is 0 Å². The first-order chi connectivity index (χ1) is 11.7. The molecule has 0 amide bonds. The third kappa shape index (κ3) is 4.01. The maximum absolute atomic E-state index is 10.6. The Morgan fingerprint density at radius 3 is 1.67 bits per heavy atom. The summed E-state index contributed by atoms with van der Waals surface area (Å²) in [6.07, 6.45) is 0. The molecule has 3 nitrogen and oxygen atoms in total. The second kappa shape index (κ2) is 7.76. The van der Waals surface area contributed by atoms with E-state index >= 15 is 0 Å². The molecule has 120 valence electrons. The Morgan fingerprint density at radius 1 is 0.750 bits per heavy atom. The van der Waals surface area contributed by atoms with Gasteiger partial charge >= 0.3 is 5.97 Å². The quantitative estimate of drug-likeness (QED) is 0.704. The van der Waals surface area contributed by atoms with Gasteiger partial charge in [-0.3, -0.25) is 0 Å². The molecule has 3 aromatic carbocycles. The zero-order valence-corrected chi connectivity index (χ0v) is 13.9. The van der Waals surface area contributed by atoms with Crippen LogP contribution in [0.2, 0.25) is 0 Å². The molecule has 0 radical (unpaired) electrons. The lowest BCUT2D eigenvalue weighted by atomic mass is 10.3. The van der Waals surface area contributed by atoms with E-state index < -0.39 is 13.9 Å². The second-order valence-electron chi connectivity index (χ2n) is 5.18. The Balaban J connectivity index is 1.93. The van der Waals surface area contributed by atoms with Crippen LogP contribution in [0, 0.1) is 0 Å². The van der Waals surface area contributed by atoms with Crippen molar-refractivity contribution in [1.82, 2.24) is 0 Å². The van der Waals surface area contributed by atoms with Crippen molar-refractivity contribution in [3.8, 4) is 5.75 Å². The van der Waals surface area contributed by atoms with E-state index in [-0.39, 0.29) is 6.61 Å². The first kappa shape index (κ1) is 16.2. The van der Waals surface area contributed by atoms with Crippen molar-refractivity contribution in [2.75, 3.05) is 6.61 Å². The van der Waals surface area contributed by atoms with Crippen LogP contribution in [0.25, 0.3) is 0 Å². The van der Waals surface area contributed by atoms with E-state index in [0.717, 1.165) is 0 Å². The minimum atomic E-state index is -0.977. The molecule has 0 unspecified atom stereocenters. The summed E-state index contributed by atoms with van der Waals surface area (Å²) in [5.74, 6) is -0.410. The van der Waals surface area contributed by atoms with Gasteiger partial charge in [0.1, 0.15) is 5.75 Å². The predicted octanol–water partition coefficient (Wildman–Crippen LogP) is 2.91. The van der Waals surface area contributed by atoms with Crippen LogP contribution in [0.15, 0.2) is 84.9 Å². The molecule has 0 aliphatic carbocycles. The van der Waals surface area contributed by atoms with Crippen LogP contribution in [0.4, 0.5) is 0 Å². The molecule has 0 heterocycles. The molecule has 0 saturated carbocycles. The number of carboxylic acid groups (broad SMARTS) is 1. The highest BCUT2D eigenvalue weighted by Gasteiger charge is 2.16. The maximum atomic E-state index is 10.6. The lowest BCUT2D eigenvalue weighted by molar-refractivity contribution is -0.139. The van der Waals surface area contributed by atoms with E-state index in [1.807, 2.05) is 36.4 Å². The molecule has 0 saturated heterocycles. The standard InChI is InChI=1S/C20H17O3P/c21-20(22)15-23-16-11-13-19(14-12-16)24(17-7-3-1-4-8-17)18-9-5-2-6-10-18/h1-14H,15H2,(H,21,22). The molecule has 1 N–H and O–H groups in total. The summed E-state index contributed by atoms with van der Waals surface area (Å²) >= 11 is 0. The fourth-order valence-electron chi connectivity index (χ4n) is 2.44. The number of ether oxygens (including phenoxy) is 1. The Labute approximate surface area is 142 Å². The summed E-state index contributed by atoms with van der Waals surface area (Å²) in [5.41, 5.74) is 0. The fraction of sp³-hybridized carbons (Fsp3) is 0.0500. The SMILES string of the molecule is O=C(O)COc1ccc(P(c2ccccc2)c2ccccc2)cc1. The molecule has 0 aliphatic rings. The smallest absolute Gasteiger partial charge is 0.341 e.